The molecule has 5 heteroatoms. The minimum atomic E-state index is -1.61. The summed E-state index contributed by atoms with van der Waals surface area (Å²) in [6.45, 7) is 20.6. The predicted molar refractivity (Wildman–Crippen MR) is 134 cm³/mol. The number of unbranched alkanes of at least 4 members (excludes halogenated alkanes) is 4. The van der Waals surface area contributed by atoms with E-state index >= 15 is 0 Å². The summed E-state index contributed by atoms with van der Waals surface area (Å²) in [6.07, 6.45) is 7.06. The van der Waals surface area contributed by atoms with Gasteiger partial charge in [-0.3, -0.25) is 0 Å². The molecular formula is C26H48O4Si. The van der Waals surface area contributed by atoms with Crippen LogP contribution >= 0.6 is 0 Å². The van der Waals surface area contributed by atoms with Crippen LogP contribution in [0.2, 0.25) is 18.1 Å². The van der Waals surface area contributed by atoms with Crippen molar-refractivity contribution in [3.05, 3.63) is 17.7 Å². The van der Waals surface area contributed by atoms with Gasteiger partial charge in [-0.05, 0) is 77.2 Å². The van der Waals surface area contributed by atoms with Crippen molar-refractivity contribution in [3.8, 4) is 17.2 Å². The molecule has 0 aliphatic heterocycles. The van der Waals surface area contributed by atoms with Crippen LogP contribution in [0.4, 0.5) is 0 Å². The Kier molecular flexibility index (Phi) is 11.4. The first-order valence-electron chi connectivity index (χ1n) is 12.1. The summed E-state index contributed by atoms with van der Waals surface area (Å²) >= 11 is 0. The molecule has 0 spiro atoms. The summed E-state index contributed by atoms with van der Waals surface area (Å²) in [5.41, 5.74) is 1.12. The quantitative estimate of drug-likeness (QED) is 0.213. The number of benzene rings is 1. The zero-order valence-electron chi connectivity index (χ0n) is 21.9. The molecule has 0 aliphatic carbocycles. The Hall–Kier alpha value is -1.20. The lowest BCUT2D eigenvalue weighted by atomic mass is 10.0. The molecule has 1 aromatic carbocycles. The second-order valence-corrected chi connectivity index (χ2v) is 15.3. The SMILES string of the molecule is COc1c(OC(C)C)ccc(OC(C)C)c1CCCCCCCO[Si](C)(C)C(C)(C)C. The summed E-state index contributed by atoms with van der Waals surface area (Å²) in [5, 5.41) is 0.287. The van der Waals surface area contributed by atoms with E-state index in [0.29, 0.717) is 0 Å². The van der Waals surface area contributed by atoms with E-state index in [0.717, 1.165) is 48.7 Å². The fraction of sp³-hybridized carbons (Fsp3) is 0.769. The Balaban J connectivity index is 2.58. The Morgan fingerprint density at radius 3 is 1.87 bits per heavy atom. The third-order valence-electron chi connectivity index (χ3n) is 5.95. The molecule has 0 heterocycles. The molecule has 180 valence electrons. The van der Waals surface area contributed by atoms with Crippen molar-refractivity contribution in [3.63, 3.8) is 0 Å². The lowest BCUT2D eigenvalue weighted by Gasteiger charge is -2.36. The van der Waals surface area contributed by atoms with E-state index in [9.17, 15) is 0 Å². The minimum absolute atomic E-state index is 0.104. The topological polar surface area (TPSA) is 36.9 Å². The molecule has 0 saturated heterocycles. The first kappa shape index (κ1) is 27.8. The minimum Gasteiger partial charge on any atom is -0.492 e. The summed E-state index contributed by atoms with van der Waals surface area (Å²) in [4.78, 5) is 0. The van der Waals surface area contributed by atoms with Gasteiger partial charge >= 0.3 is 0 Å². The van der Waals surface area contributed by atoms with E-state index in [1.807, 2.05) is 26.0 Å². The first-order valence-corrected chi connectivity index (χ1v) is 15.0. The predicted octanol–water partition coefficient (Wildman–Crippen LogP) is 7.78. The smallest absolute Gasteiger partial charge is 0.191 e. The molecule has 31 heavy (non-hydrogen) atoms. The van der Waals surface area contributed by atoms with Gasteiger partial charge in [-0.15, -0.1) is 0 Å². The molecule has 1 rings (SSSR count). The van der Waals surface area contributed by atoms with Gasteiger partial charge in [0.25, 0.3) is 0 Å². The van der Waals surface area contributed by atoms with Crippen LogP contribution in [0.5, 0.6) is 17.2 Å². The molecular weight excluding hydrogens is 404 g/mol. The Labute approximate surface area is 193 Å². The monoisotopic (exact) mass is 452 g/mol. The second kappa shape index (κ2) is 12.7. The zero-order valence-corrected chi connectivity index (χ0v) is 22.9. The van der Waals surface area contributed by atoms with Gasteiger partial charge in [0.15, 0.2) is 19.8 Å². The van der Waals surface area contributed by atoms with E-state index in [2.05, 4.69) is 47.7 Å². The van der Waals surface area contributed by atoms with Crippen LogP contribution in [0, 0.1) is 0 Å². The molecule has 0 saturated carbocycles. The lowest BCUT2D eigenvalue weighted by Crippen LogP contribution is -2.40. The fourth-order valence-corrected chi connectivity index (χ4v) is 4.33. The molecule has 0 bridgehead atoms. The molecule has 0 unspecified atom stereocenters. The van der Waals surface area contributed by atoms with Gasteiger partial charge in [0.1, 0.15) is 5.75 Å². The largest absolute Gasteiger partial charge is 0.492 e. The van der Waals surface area contributed by atoms with E-state index in [4.69, 9.17) is 18.6 Å². The number of ether oxygens (including phenoxy) is 3. The van der Waals surface area contributed by atoms with Crippen molar-refractivity contribution in [2.45, 2.75) is 117 Å². The van der Waals surface area contributed by atoms with E-state index in [1.54, 1.807) is 7.11 Å². The van der Waals surface area contributed by atoms with Crippen LogP contribution in [-0.4, -0.2) is 34.2 Å². The molecule has 0 aromatic heterocycles. The lowest BCUT2D eigenvalue weighted by molar-refractivity contribution is 0.221. The highest BCUT2D eigenvalue weighted by Gasteiger charge is 2.36. The van der Waals surface area contributed by atoms with Crippen molar-refractivity contribution < 1.29 is 18.6 Å². The standard InChI is InChI=1S/C26H48O4Si/c1-20(2)29-23-17-18-24(30-21(3)4)25(27-8)22(23)16-14-12-11-13-15-19-28-31(9,10)26(5,6)7/h17-18,20-21H,11-16,19H2,1-10H3. The van der Waals surface area contributed by atoms with Gasteiger partial charge in [0, 0.05) is 12.2 Å². The van der Waals surface area contributed by atoms with Crippen LogP contribution in [0.3, 0.4) is 0 Å². The highest BCUT2D eigenvalue weighted by molar-refractivity contribution is 6.74. The Bertz CT molecular complexity index is 648. The average molecular weight is 453 g/mol. The van der Waals surface area contributed by atoms with Crippen molar-refractivity contribution >= 4 is 8.32 Å². The van der Waals surface area contributed by atoms with Gasteiger partial charge in [-0.25, -0.2) is 0 Å². The molecule has 0 fully saturated rings. The summed E-state index contributed by atoms with van der Waals surface area (Å²) < 4.78 is 24.1. The van der Waals surface area contributed by atoms with Crippen molar-refractivity contribution in [2.24, 2.45) is 0 Å². The maximum atomic E-state index is 6.29. The van der Waals surface area contributed by atoms with Crippen LogP contribution in [0.25, 0.3) is 0 Å². The molecule has 0 radical (unpaired) electrons. The van der Waals surface area contributed by atoms with E-state index in [-0.39, 0.29) is 17.2 Å². The normalized spacial score (nSPS) is 12.5. The maximum Gasteiger partial charge on any atom is 0.191 e. The zero-order chi connectivity index (χ0) is 23.7. The maximum absolute atomic E-state index is 6.29. The Morgan fingerprint density at radius 2 is 1.32 bits per heavy atom. The number of rotatable bonds is 14. The van der Waals surface area contributed by atoms with E-state index in [1.165, 1.54) is 19.3 Å². The summed E-state index contributed by atoms with van der Waals surface area (Å²) in [5.74, 6) is 2.52. The number of hydrogen-bond donors (Lipinski definition) is 0. The van der Waals surface area contributed by atoms with Crippen molar-refractivity contribution in [1.29, 1.82) is 0 Å². The molecule has 1 aromatic rings. The highest BCUT2D eigenvalue weighted by Crippen LogP contribution is 2.40. The fourth-order valence-electron chi connectivity index (χ4n) is 3.24. The third-order valence-corrected chi connectivity index (χ3v) is 10.5. The molecule has 0 N–H and O–H groups in total. The van der Waals surface area contributed by atoms with Gasteiger partial charge in [-0.1, -0.05) is 40.0 Å². The van der Waals surface area contributed by atoms with Crippen molar-refractivity contribution in [2.75, 3.05) is 13.7 Å². The second-order valence-electron chi connectivity index (χ2n) is 10.5. The Morgan fingerprint density at radius 1 is 0.806 bits per heavy atom. The van der Waals surface area contributed by atoms with Gasteiger partial charge in [-0.2, -0.15) is 0 Å². The highest BCUT2D eigenvalue weighted by atomic mass is 28.4. The van der Waals surface area contributed by atoms with Crippen LogP contribution < -0.4 is 14.2 Å². The van der Waals surface area contributed by atoms with Crippen molar-refractivity contribution in [1.82, 2.24) is 0 Å². The molecule has 4 nitrogen and oxygen atoms in total. The molecule has 0 aliphatic rings. The summed E-state index contributed by atoms with van der Waals surface area (Å²) in [7, 11) is 0.104. The molecule has 0 atom stereocenters. The average Bonchev–Trinajstić information content (AvgIpc) is 2.63. The third kappa shape index (κ3) is 9.44. The van der Waals surface area contributed by atoms with Gasteiger partial charge < -0.3 is 18.6 Å². The van der Waals surface area contributed by atoms with Crippen LogP contribution in [0.15, 0.2) is 12.1 Å². The van der Waals surface area contributed by atoms with Crippen LogP contribution in [-0.2, 0) is 10.8 Å². The van der Waals surface area contributed by atoms with Crippen LogP contribution in [0.1, 0.15) is 86.1 Å². The van der Waals surface area contributed by atoms with Gasteiger partial charge in [0.2, 0.25) is 0 Å². The number of methoxy groups -OCH3 is 1. The van der Waals surface area contributed by atoms with E-state index < -0.39 is 8.32 Å². The molecule has 0 amide bonds. The summed E-state index contributed by atoms with van der Waals surface area (Å²) in [6, 6.07) is 3.98. The first-order chi connectivity index (χ1) is 14.4. The number of hydrogen-bond acceptors (Lipinski definition) is 4. The van der Waals surface area contributed by atoms with Gasteiger partial charge in [0.05, 0.1) is 19.3 Å².